The second-order valence-electron chi connectivity index (χ2n) is 3.98. The zero-order chi connectivity index (χ0) is 11.5. The minimum absolute atomic E-state index is 0.779. The molecule has 0 aliphatic heterocycles. The van der Waals surface area contributed by atoms with E-state index in [2.05, 4.69) is 30.4 Å². The van der Waals surface area contributed by atoms with Gasteiger partial charge in [0.1, 0.15) is 5.69 Å². The fourth-order valence-electron chi connectivity index (χ4n) is 1.66. The predicted octanol–water partition coefficient (Wildman–Crippen LogP) is 3.30. The first-order valence-electron chi connectivity index (χ1n) is 5.59. The lowest BCUT2D eigenvalue weighted by Crippen LogP contribution is -1.97. The highest BCUT2D eigenvalue weighted by molar-refractivity contribution is 7.13. The van der Waals surface area contributed by atoms with Crippen molar-refractivity contribution >= 4 is 17.0 Å². The van der Waals surface area contributed by atoms with Crippen LogP contribution in [0.2, 0.25) is 0 Å². The highest BCUT2D eigenvalue weighted by Gasteiger charge is 2.11. The average molecular weight is 235 g/mol. The second-order valence-corrected chi connectivity index (χ2v) is 4.90. The Bertz CT molecular complexity index is 470. The molecule has 0 spiro atoms. The van der Waals surface area contributed by atoms with Gasteiger partial charge in [-0.2, -0.15) is 5.10 Å². The summed E-state index contributed by atoms with van der Waals surface area (Å²) in [5, 5.41) is 6.63. The van der Waals surface area contributed by atoms with Gasteiger partial charge >= 0.3 is 0 Å². The number of unbranched alkanes of at least 4 members (excludes halogenated alkanes) is 1. The van der Waals surface area contributed by atoms with Crippen molar-refractivity contribution < 1.29 is 0 Å². The molecular weight excluding hydrogens is 218 g/mol. The molecule has 0 saturated heterocycles. The van der Waals surface area contributed by atoms with Crippen LogP contribution < -0.4 is 5.73 Å². The summed E-state index contributed by atoms with van der Waals surface area (Å²) in [5.41, 5.74) is 8.96. The van der Waals surface area contributed by atoms with Gasteiger partial charge in [-0.1, -0.05) is 13.3 Å². The minimum Gasteiger partial charge on any atom is -0.396 e. The SMILES string of the molecule is CCCCn1cc(N)c(-c2sccc2C)n1. The lowest BCUT2D eigenvalue weighted by Gasteiger charge is -1.98. The molecule has 4 heteroatoms. The van der Waals surface area contributed by atoms with Gasteiger partial charge in [-0.25, -0.2) is 0 Å². The number of hydrogen-bond acceptors (Lipinski definition) is 3. The van der Waals surface area contributed by atoms with Crippen LogP contribution in [0.25, 0.3) is 10.6 Å². The van der Waals surface area contributed by atoms with Crippen molar-refractivity contribution in [3.8, 4) is 10.6 Å². The molecule has 2 heterocycles. The van der Waals surface area contributed by atoms with Crippen molar-refractivity contribution in [2.45, 2.75) is 33.2 Å². The molecule has 3 nitrogen and oxygen atoms in total. The first kappa shape index (κ1) is 11.2. The van der Waals surface area contributed by atoms with Crippen molar-refractivity contribution in [3.63, 3.8) is 0 Å². The smallest absolute Gasteiger partial charge is 0.125 e. The van der Waals surface area contributed by atoms with Gasteiger partial charge in [0.05, 0.1) is 10.6 Å². The zero-order valence-corrected chi connectivity index (χ0v) is 10.5. The van der Waals surface area contributed by atoms with E-state index in [1.54, 1.807) is 11.3 Å². The molecular formula is C12H17N3S. The highest BCUT2D eigenvalue weighted by Crippen LogP contribution is 2.31. The van der Waals surface area contributed by atoms with Gasteiger partial charge in [0.15, 0.2) is 0 Å². The summed E-state index contributed by atoms with van der Waals surface area (Å²) < 4.78 is 1.95. The number of anilines is 1. The van der Waals surface area contributed by atoms with Crippen LogP contribution in [-0.4, -0.2) is 9.78 Å². The molecule has 0 bridgehead atoms. The first-order chi connectivity index (χ1) is 7.72. The predicted molar refractivity (Wildman–Crippen MR) is 69.6 cm³/mol. The van der Waals surface area contributed by atoms with Crippen molar-refractivity contribution in [2.75, 3.05) is 5.73 Å². The number of nitrogens with zero attached hydrogens (tertiary/aromatic N) is 2. The van der Waals surface area contributed by atoms with E-state index < -0.39 is 0 Å². The first-order valence-corrected chi connectivity index (χ1v) is 6.47. The topological polar surface area (TPSA) is 43.8 Å². The van der Waals surface area contributed by atoms with Crippen LogP contribution in [-0.2, 0) is 6.54 Å². The van der Waals surface area contributed by atoms with Gasteiger partial charge in [0.2, 0.25) is 0 Å². The van der Waals surface area contributed by atoms with Crippen LogP contribution in [0.3, 0.4) is 0 Å². The Labute approximate surface area is 99.9 Å². The van der Waals surface area contributed by atoms with E-state index in [1.807, 2.05) is 10.9 Å². The van der Waals surface area contributed by atoms with Crippen molar-refractivity contribution in [3.05, 3.63) is 23.2 Å². The third kappa shape index (κ3) is 2.11. The van der Waals surface area contributed by atoms with Gasteiger partial charge < -0.3 is 5.73 Å². The summed E-state index contributed by atoms with van der Waals surface area (Å²) in [6.07, 6.45) is 4.25. The molecule has 0 aliphatic rings. The van der Waals surface area contributed by atoms with E-state index in [0.717, 1.165) is 24.3 Å². The molecule has 0 saturated carbocycles. The quantitative estimate of drug-likeness (QED) is 0.883. The Morgan fingerprint density at radius 2 is 2.31 bits per heavy atom. The van der Waals surface area contributed by atoms with Crippen molar-refractivity contribution in [1.29, 1.82) is 0 Å². The van der Waals surface area contributed by atoms with Crippen LogP contribution in [0.1, 0.15) is 25.3 Å². The van der Waals surface area contributed by atoms with Crippen LogP contribution in [0.4, 0.5) is 5.69 Å². The van der Waals surface area contributed by atoms with E-state index in [9.17, 15) is 0 Å². The van der Waals surface area contributed by atoms with Gasteiger partial charge in [-0.05, 0) is 30.4 Å². The summed E-state index contributed by atoms with van der Waals surface area (Å²) in [5.74, 6) is 0. The maximum atomic E-state index is 6.00. The number of hydrogen-bond donors (Lipinski definition) is 1. The normalized spacial score (nSPS) is 10.9. The standard InChI is InChI=1S/C12H17N3S/c1-3-4-6-15-8-10(13)11(14-15)12-9(2)5-7-16-12/h5,7-8H,3-4,6,13H2,1-2H3. The average Bonchev–Trinajstić information content (AvgIpc) is 2.82. The Balaban J connectivity index is 2.28. The Morgan fingerprint density at radius 1 is 1.50 bits per heavy atom. The van der Waals surface area contributed by atoms with Gasteiger partial charge in [0, 0.05) is 12.7 Å². The van der Waals surface area contributed by atoms with Crippen LogP contribution in [0, 0.1) is 6.92 Å². The lowest BCUT2D eigenvalue weighted by atomic mass is 10.2. The lowest BCUT2D eigenvalue weighted by molar-refractivity contribution is 0.573. The van der Waals surface area contributed by atoms with Gasteiger partial charge in [-0.15, -0.1) is 11.3 Å². The van der Waals surface area contributed by atoms with Crippen LogP contribution >= 0.6 is 11.3 Å². The third-order valence-corrected chi connectivity index (χ3v) is 3.63. The summed E-state index contributed by atoms with van der Waals surface area (Å²) in [6, 6.07) is 2.10. The summed E-state index contributed by atoms with van der Waals surface area (Å²) in [6.45, 7) is 5.22. The van der Waals surface area contributed by atoms with Gasteiger partial charge in [0.25, 0.3) is 0 Å². The number of aryl methyl sites for hydroxylation is 2. The number of nitrogens with two attached hydrogens (primary N) is 1. The van der Waals surface area contributed by atoms with E-state index in [4.69, 9.17) is 5.73 Å². The molecule has 0 amide bonds. The Hall–Kier alpha value is -1.29. The largest absolute Gasteiger partial charge is 0.396 e. The van der Waals surface area contributed by atoms with E-state index >= 15 is 0 Å². The fourth-order valence-corrected chi connectivity index (χ4v) is 2.60. The molecule has 2 rings (SSSR count). The zero-order valence-electron chi connectivity index (χ0n) is 9.73. The number of rotatable bonds is 4. The summed E-state index contributed by atoms with van der Waals surface area (Å²) in [4.78, 5) is 1.19. The molecule has 16 heavy (non-hydrogen) atoms. The second kappa shape index (κ2) is 4.70. The molecule has 0 fully saturated rings. The van der Waals surface area contributed by atoms with Crippen LogP contribution in [0.15, 0.2) is 17.6 Å². The fraction of sp³-hybridized carbons (Fsp3) is 0.417. The highest BCUT2D eigenvalue weighted by atomic mass is 32.1. The summed E-state index contributed by atoms with van der Waals surface area (Å²) >= 11 is 1.70. The van der Waals surface area contributed by atoms with E-state index in [0.29, 0.717) is 0 Å². The summed E-state index contributed by atoms with van der Waals surface area (Å²) in [7, 11) is 0. The van der Waals surface area contributed by atoms with Crippen molar-refractivity contribution in [1.82, 2.24) is 9.78 Å². The van der Waals surface area contributed by atoms with E-state index in [1.165, 1.54) is 16.9 Å². The number of aromatic nitrogens is 2. The molecule has 0 aromatic carbocycles. The molecule has 2 N–H and O–H groups in total. The minimum atomic E-state index is 0.779. The van der Waals surface area contributed by atoms with Crippen molar-refractivity contribution in [2.24, 2.45) is 0 Å². The maximum Gasteiger partial charge on any atom is 0.125 e. The molecule has 86 valence electrons. The Kier molecular flexibility index (Phi) is 3.29. The molecule has 2 aromatic rings. The molecule has 0 aliphatic carbocycles. The van der Waals surface area contributed by atoms with Gasteiger partial charge in [-0.3, -0.25) is 4.68 Å². The molecule has 0 atom stereocenters. The van der Waals surface area contributed by atoms with E-state index in [-0.39, 0.29) is 0 Å². The maximum absolute atomic E-state index is 6.00. The molecule has 0 radical (unpaired) electrons. The Morgan fingerprint density at radius 3 is 2.94 bits per heavy atom. The number of thiophene rings is 1. The monoisotopic (exact) mass is 235 g/mol. The third-order valence-electron chi connectivity index (χ3n) is 2.61. The molecule has 0 unspecified atom stereocenters. The number of nitrogen functional groups attached to an aromatic ring is 1. The molecule has 2 aromatic heterocycles. The van der Waals surface area contributed by atoms with Crippen LogP contribution in [0.5, 0.6) is 0 Å².